The number of para-hydroxylation sites is 1. The first-order valence-corrected chi connectivity index (χ1v) is 14.4. The van der Waals surface area contributed by atoms with E-state index in [9.17, 15) is 9.59 Å². The maximum absolute atomic E-state index is 9.65. The van der Waals surface area contributed by atoms with Crippen molar-refractivity contribution in [1.82, 2.24) is 19.5 Å². The van der Waals surface area contributed by atoms with Gasteiger partial charge in [-0.2, -0.15) is 20.1 Å². The molecule has 0 saturated carbocycles. The van der Waals surface area contributed by atoms with Crippen molar-refractivity contribution >= 4 is 43.8 Å². The van der Waals surface area contributed by atoms with Crippen molar-refractivity contribution in [1.29, 1.82) is 0 Å². The number of nitrogens with zero attached hydrogens (tertiary/aromatic N) is 5. The number of hydrogen-bond donors (Lipinski definition) is 6. The van der Waals surface area contributed by atoms with E-state index >= 15 is 0 Å². The largest absolute Gasteiger partial charge is 0.495 e. The lowest BCUT2D eigenvalue weighted by Crippen LogP contribution is -2.37. The van der Waals surface area contributed by atoms with Gasteiger partial charge in [-0.25, -0.2) is 11.3 Å². The van der Waals surface area contributed by atoms with Gasteiger partial charge in [0.1, 0.15) is 12.3 Å². The van der Waals surface area contributed by atoms with Gasteiger partial charge in [0.15, 0.2) is 0 Å². The monoisotopic (exact) mass is 561 g/mol. The summed E-state index contributed by atoms with van der Waals surface area (Å²) in [7, 11) is 0.994. The van der Waals surface area contributed by atoms with E-state index in [0.717, 1.165) is 16.5 Å². The zero-order chi connectivity index (χ0) is 27.8. The van der Waals surface area contributed by atoms with E-state index in [1.807, 2.05) is 30.5 Å². The van der Waals surface area contributed by atoms with E-state index < -0.39 is 8.80 Å². The van der Waals surface area contributed by atoms with E-state index in [1.165, 1.54) is 7.11 Å². The molecule has 0 spiro atoms. The molecule has 0 aliphatic carbocycles. The Kier molecular flexibility index (Phi) is 9.76. The number of hydrazine groups is 1. The third-order valence-corrected chi connectivity index (χ3v) is 7.98. The van der Waals surface area contributed by atoms with Crippen LogP contribution in [0.5, 0.6) is 0 Å². The number of anilines is 3. The summed E-state index contributed by atoms with van der Waals surface area (Å²) in [5.41, 5.74) is 7.09. The molecule has 7 N–H and O–H groups in total. The number of aromatic nitrogens is 4. The van der Waals surface area contributed by atoms with Gasteiger partial charge in [-0.15, -0.1) is 0 Å². The third kappa shape index (κ3) is 7.25. The van der Waals surface area contributed by atoms with Gasteiger partial charge in [0.05, 0.1) is 24.4 Å². The number of hydrogen-bond acceptors (Lipinski definition) is 14. The molecule has 0 bridgehead atoms. The second-order valence-electron chi connectivity index (χ2n) is 8.90. The number of ether oxygens (including phenoxy) is 3. The molecule has 15 nitrogen and oxygen atoms in total. The SMILES string of the molecule is COC[C@H]1O[C@@H](n2cc(C=NNc3nc(NN)nc(NCCC[Si](O)(O)OC)n3)c3ccccc32)CC1OC. The number of hydrazone groups is 1. The summed E-state index contributed by atoms with van der Waals surface area (Å²) in [6.07, 6.45) is 4.37. The fourth-order valence-corrected chi connectivity index (χ4v) is 5.20. The minimum atomic E-state index is -3.61. The highest BCUT2D eigenvalue weighted by Gasteiger charge is 2.37. The third-order valence-electron chi connectivity index (χ3n) is 6.32. The second kappa shape index (κ2) is 13.2. The molecule has 0 amide bonds. The van der Waals surface area contributed by atoms with Crippen molar-refractivity contribution in [2.24, 2.45) is 10.9 Å². The molecule has 1 fully saturated rings. The summed E-state index contributed by atoms with van der Waals surface area (Å²) < 4.78 is 24.0. The van der Waals surface area contributed by atoms with E-state index in [4.69, 9.17) is 24.5 Å². The molecule has 1 aliphatic rings. The van der Waals surface area contributed by atoms with Gasteiger partial charge < -0.3 is 38.1 Å². The molecule has 1 aromatic carbocycles. The Balaban J connectivity index is 1.47. The van der Waals surface area contributed by atoms with Crippen LogP contribution < -0.4 is 22.0 Å². The van der Waals surface area contributed by atoms with Gasteiger partial charge in [-0.05, 0) is 12.5 Å². The summed E-state index contributed by atoms with van der Waals surface area (Å²) in [4.78, 5) is 31.9. The van der Waals surface area contributed by atoms with Crippen molar-refractivity contribution in [2.75, 3.05) is 50.6 Å². The lowest BCUT2D eigenvalue weighted by molar-refractivity contribution is -0.0595. The van der Waals surface area contributed by atoms with E-state index in [0.29, 0.717) is 26.0 Å². The molecule has 1 saturated heterocycles. The van der Waals surface area contributed by atoms with Crippen molar-refractivity contribution in [3.05, 3.63) is 36.0 Å². The Morgan fingerprint density at radius 2 is 1.95 bits per heavy atom. The van der Waals surface area contributed by atoms with Gasteiger partial charge in [-0.3, -0.25) is 5.43 Å². The van der Waals surface area contributed by atoms with Crippen molar-refractivity contribution < 1.29 is 28.2 Å². The van der Waals surface area contributed by atoms with Crippen LogP contribution in [0.1, 0.15) is 24.6 Å². The Bertz CT molecular complexity index is 1260. The predicted molar refractivity (Wildman–Crippen MR) is 147 cm³/mol. The van der Waals surface area contributed by atoms with Gasteiger partial charge >= 0.3 is 8.80 Å². The highest BCUT2D eigenvalue weighted by Crippen LogP contribution is 2.34. The molecular weight excluding hydrogens is 526 g/mol. The van der Waals surface area contributed by atoms with Crippen LogP contribution in [0.3, 0.4) is 0 Å². The van der Waals surface area contributed by atoms with E-state index in [2.05, 4.69) is 40.8 Å². The van der Waals surface area contributed by atoms with Crippen molar-refractivity contribution in [3.8, 4) is 0 Å². The number of methoxy groups -OCH3 is 2. The molecule has 212 valence electrons. The number of nitrogens with one attached hydrogen (secondary N) is 3. The van der Waals surface area contributed by atoms with Crippen molar-refractivity contribution in [2.45, 2.75) is 37.3 Å². The van der Waals surface area contributed by atoms with Crippen LogP contribution in [0.15, 0.2) is 35.6 Å². The van der Waals surface area contributed by atoms with Crippen LogP contribution >= 0.6 is 0 Å². The maximum Gasteiger partial charge on any atom is 0.495 e. The number of fused-ring (bicyclic) bond motifs is 1. The van der Waals surface area contributed by atoms with Crippen LogP contribution in [0.4, 0.5) is 17.8 Å². The van der Waals surface area contributed by atoms with Crippen molar-refractivity contribution in [3.63, 3.8) is 0 Å². The van der Waals surface area contributed by atoms with Crippen LogP contribution in [0, 0.1) is 0 Å². The molecular formula is C23H35N9O6Si. The molecule has 39 heavy (non-hydrogen) atoms. The van der Waals surface area contributed by atoms with Crippen LogP contribution in [-0.2, 0) is 18.6 Å². The topological polar surface area (TPSA) is 195 Å². The zero-order valence-corrected chi connectivity index (χ0v) is 23.1. The minimum Gasteiger partial charge on any atom is -0.390 e. The normalized spacial score (nSPS) is 19.7. The summed E-state index contributed by atoms with van der Waals surface area (Å²) in [5, 5.41) is 8.34. The number of benzene rings is 1. The van der Waals surface area contributed by atoms with Gasteiger partial charge in [0.25, 0.3) is 0 Å². The number of rotatable bonds is 14. The predicted octanol–water partition coefficient (Wildman–Crippen LogP) is 0.879. The lowest BCUT2D eigenvalue weighted by atomic mass is 10.2. The summed E-state index contributed by atoms with van der Waals surface area (Å²) >= 11 is 0. The van der Waals surface area contributed by atoms with Crippen LogP contribution in [0.2, 0.25) is 6.04 Å². The standard InChI is InChI=1S/C23H35N9O6Si/c1-35-14-19-18(36-2)11-20(38-19)32-13-15(16-7-4-5-8-17(16)32)12-26-31-23-28-21(27-22(29-23)30-24)25-9-6-10-39(33,34)37-3/h4-5,7-8,12-13,18-20,33-34H,6,9-11,14,24H2,1-3H3,(H3,25,27,28,29,30,31)/t18?,19-,20-/m1/s1. The quantitative estimate of drug-likeness (QED) is 0.0534. The van der Waals surface area contributed by atoms with E-state index in [1.54, 1.807) is 20.4 Å². The lowest BCUT2D eigenvalue weighted by Gasteiger charge is -2.16. The zero-order valence-electron chi connectivity index (χ0n) is 22.1. The highest BCUT2D eigenvalue weighted by molar-refractivity contribution is 6.57. The summed E-state index contributed by atoms with van der Waals surface area (Å²) in [5.74, 6) is 6.04. The fourth-order valence-electron chi connectivity index (χ4n) is 4.36. The number of nitrogen functional groups attached to an aromatic ring is 1. The maximum atomic E-state index is 9.65. The average Bonchev–Trinajstić information content (AvgIpc) is 3.52. The molecule has 1 unspecified atom stereocenters. The van der Waals surface area contributed by atoms with Gasteiger partial charge in [0, 0.05) is 57.5 Å². The molecule has 4 rings (SSSR count). The van der Waals surface area contributed by atoms with E-state index in [-0.39, 0.29) is 42.3 Å². The molecule has 16 heteroatoms. The Morgan fingerprint density at radius 3 is 2.69 bits per heavy atom. The summed E-state index contributed by atoms with van der Waals surface area (Å²) in [6.45, 7) is 0.835. The second-order valence-corrected chi connectivity index (χ2v) is 11.3. The molecule has 0 radical (unpaired) electrons. The average molecular weight is 562 g/mol. The first kappa shape index (κ1) is 28.8. The van der Waals surface area contributed by atoms with Crippen LogP contribution in [0.25, 0.3) is 10.9 Å². The summed E-state index contributed by atoms with van der Waals surface area (Å²) in [6, 6.07) is 8.13. The highest BCUT2D eigenvalue weighted by atomic mass is 28.4. The van der Waals surface area contributed by atoms with Gasteiger partial charge in [-0.1, -0.05) is 18.2 Å². The Hall–Kier alpha value is -3.22. The molecule has 2 aromatic heterocycles. The molecule has 1 aliphatic heterocycles. The number of nitrogens with two attached hydrogens (primary N) is 1. The first-order chi connectivity index (χ1) is 18.9. The molecule has 3 aromatic rings. The van der Waals surface area contributed by atoms with Gasteiger partial charge in [0.2, 0.25) is 17.8 Å². The first-order valence-electron chi connectivity index (χ1n) is 12.4. The smallest absolute Gasteiger partial charge is 0.390 e. The Labute approximate surface area is 226 Å². The Morgan fingerprint density at radius 1 is 1.18 bits per heavy atom. The molecule has 3 atom stereocenters. The minimum absolute atomic E-state index is 0.0660. The van der Waals surface area contributed by atoms with Crippen LogP contribution in [-0.4, -0.2) is 90.8 Å². The fraction of sp³-hybridized carbons (Fsp3) is 0.478. The molecule has 3 heterocycles.